The summed E-state index contributed by atoms with van der Waals surface area (Å²) in [6, 6.07) is 21.4. The fourth-order valence-electron chi connectivity index (χ4n) is 4.41. The van der Waals surface area contributed by atoms with Gasteiger partial charge in [-0.1, -0.05) is 43.3 Å². The van der Waals surface area contributed by atoms with Crippen molar-refractivity contribution in [2.24, 2.45) is 5.92 Å². The second kappa shape index (κ2) is 8.67. The second-order valence-electron chi connectivity index (χ2n) is 8.03. The molecule has 2 amide bonds. The van der Waals surface area contributed by atoms with Gasteiger partial charge in [0.1, 0.15) is 17.5 Å². The molecule has 2 heterocycles. The van der Waals surface area contributed by atoms with Crippen LogP contribution in [0.3, 0.4) is 0 Å². The van der Waals surface area contributed by atoms with Crippen LogP contribution in [-0.4, -0.2) is 24.5 Å². The second-order valence-corrected chi connectivity index (χ2v) is 8.03. The van der Waals surface area contributed by atoms with Crippen molar-refractivity contribution in [1.82, 2.24) is 0 Å². The molecule has 0 aliphatic carbocycles. The van der Waals surface area contributed by atoms with Gasteiger partial charge in [0.2, 0.25) is 5.91 Å². The molecule has 0 N–H and O–H groups in total. The first-order valence-corrected chi connectivity index (χ1v) is 11.0. The number of para-hydroxylation sites is 1. The number of halogens is 1. The maximum Gasteiger partial charge on any atom is 0.266 e. The zero-order valence-corrected chi connectivity index (χ0v) is 18.1. The van der Waals surface area contributed by atoms with Gasteiger partial charge in [0.05, 0.1) is 24.0 Å². The summed E-state index contributed by atoms with van der Waals surface area (Å²) in [5.41, 5.74) is 1.38. The maximum atomic E-state index is 14.9. The molecule has 2 aliphatic rings. The van der Waals surface area contributed by atoms with E-state index in [0.29, 0.717) is 29.3 Å². The lowest BCUT2D eigenvalue weighted by Crippen LogP contribution is -2.37. The van der Waals surface area contributed by atoms with Crippen LogP contribution in [0.1, 0.15) is 24.9 Å². The van der Waals surface area contributed by atoms with Gasteiger partial charge in [0.15, 0.2) is 6.10 Å². The van der Waals surface area contributed by atoms with Gasteiger partial charge in [0.25, 0.3) is 5.91 Å². The number of hydroxylamine groups is 1. The third-order valence-corrected chi connectivity index (χ3v) is 5.92. The number of imide groups is 1. The highest BCUT2D eigenvalue weighted by Gasteiger charge is 2.60. The molecule has 0 spiro atoms. The molecule has 0 aromatic heterocycles. The molecule has 2 fully saturated rings. The number of nitrogens with zero attached hydrogens (tertiary/aromatic N) is 2. The van der Waals surface area contributed by atoms with Crippen LogP contribution in [0.25, 0.3) is 0 Å². The molecule has 2 aliphatic heterocycles. The Balaban J connectivity index is 1.51. The summed E-state index contributed by atoms with van der Waals surface area (Å²) in [6.07, 6.45) is -0.167. The standard InChI is InChI=1S/C26H23FN2O4/c1-2-16-32-19-14-12-17(13-15-19)28-25(30)22-23(20-10-6-7-11-21(20)27)29(33-24(22)26(28)31)18-8-4-3-5-9-18/h3-15,22-24H,2,16H2,1H3/t22-,23+,24-/m0/s1. The normalized spacial score (nSPS) is 22.1. The lowest BCUT2D eigenvalue weighted by Gasteiger charge is -2.29. The predicted octanol–water partition coefficient (Wildman–Crippen LogP) is 4.67. The first-order valence-electron chi connectivity index (χ1n) is 11.0. The Morgan fingerprint density at radius 1 is 0.879 bits per heavy atom. The van der Waals surface area contributed by atoms with Crippen molar-refractivity contribution in [2.45, 2.75) is 25.5 Å². The molecule has 168 valence electrons. The van der Waals surface area contributed by atoms with Gasteiger partial charge < -0.3 is 4.74 Å². The van der Waals surface area contributed by atoms with Gasteiger partial charge in [-0.3, -0.25) is 14.4 Å². The molecule has 0 radical (unpaired) electrons. The van der Waals surface area contributed by atoms with E-state index in [-0.39, 0.29) is 0 Å². The first-order chi connectivity index (χ1) is 16.1. The summed E-state index contributed by atoms with van der Waals surface area (Å²) in [6.45, 7) is 2.60. The molecule has 3 atom stereocenters. The van der Waals surface area contributed by atoms with Crippen LogP contribution < -0.4 is 14.7 Å². The highest BCUT2D eigenvalue weighted by molar-refractivity contribution is 6.23. The molecule has 5 rings (SSSR count). The minimum Gasteiger partial charge on any atom is -0.494 e. The fraction of sp³-hybridized carbons (Fsp3) is 0.231. The van der Waals surface area contributed by atoms with E-state index < -0.39 is 35.7 Å². The largest absolute Gasteiger partial charge is 0.494 e. The third kappa shape index (κ3) is 3.64. The smallest absolute Gasteiger partial charge is 0.266 e. The van der Waals surface area contributed by atoms with E-state index in [1.165, 1.54) is 11.1 Å². The number of fused-ring (bicyclic) bond motifs is 1. The number of hydrogen-bond acceptors (Lipinski definition) is 5. The molecule has 3 aromatic carbocycles. The van der Waals surface area contributed by atoms with Gasteiger partial charge in [-0.2, -0.15) is 0 Å². The Morgan fingerprint density at radius 3 is 2.27 bits per heavy atom. The number of hydrogen-bond donors (Lipinski definition) is 0. The summed E-state index contributed by atoms with van der Waals surface area (Å²) in [5, 5.41) is 1.49. The van der Waals surface area contributed by atoms with Crippen LogP contribution in [-0.2, 0) is 14.4 Å². The summed E-state index contributed by atoms with van der Waals surface area (Å²) in [5.74, 6) is -1.56. The van der Waals surface area contributed by atoms with Crippen molar-refractivity contribution in [3.8, 4) is 5.75 Å². The van der Waals surface area contributed by atoms with E-state index in [2.05, 4.69) is 0 Å². The average molecular weight is 446 g/mol. The molecular formula is C26H23FN2O4. The van der Waals surface area contributed by atoms with Crippen LogP contribution in [0.2, 0.25) is 0 Å². The van der Waals surface area contributed by atoms with E-state index in [9.17, 15) is 14.0 Å². The summed E-state index contributed by atoms with van der Waals surface area (Å²) < 4.78 is 20.5. The predicted molar refractivity (Wildman–Crippen MR) is 121 cm³/mol. The molecule has 0 saturated carbocycles. The monoisotopic (exact) mass is 446 g/mol. The minimum atomic E-state index is -1.04. The highest BCUT2D eigenvalue weighted by Crippen LogP contribution is 2.48. The number of carbonyl (C=O) groups is 2. The topological polar surface area (TPSA) is 59.1 Å². The average Bonchev–Trinajstić information content (AvgIpc) is 3.35. The Kier molecular flexibility index (Phi) is 5.56. The molecule has 7 heteroatoms. The van der Waals surface area contributed by atoms with Crippen molar-refractivity contribution in [1.29, 1.82) is 0 Å². The summed E-state index contributed by atoms with van der Waals surface area (Å²) in [4.78, 5) is 34.1. The van der Waals surface area contributed by atoms with Gasteiger partial charge in [0, 0.05) is 5.56 Å². The van der Waals surface area contributed by atoms with Gasteiger partial charge in [-0.25, -0.2) is 14.4 Å². The van der Waals surface area contributed by atoms with Crippen LogP contribution in [0.15, 0.2) is 78.9 Å². The molecular weight excluding hydrogens is 423 g/mol. The van der Waals surface area contributed by atoms with Crippen LogP contribution in [0, 0.1) is 11.7 Å². The number of benzene rings is 3. The van der Waals surface area contributed by atoms with Gasteiger partial charge in [-0.15, -0.1) is 0 Å². The third-order valence-electron chi connectivity index (χ3n) is 5.92. The van der Waals surface area contributed by atoms with Crippen LogP contribution in [0.4, 0.5) is 15.8 Å². The van der Waals surface area contributed by atoms with E-state index in [1.54, 1.807) is 54.6 Å². The summed E-state index contributed by atoms with van der Waals surface area (Å²) >= 11 is 0. The minimum absolute atomic E-state index is 0.306. The zero-order valence-electron chi connectivity index (χ0n) is 18.1. The number of amides is 2. The van der Waals surface area contributed by atoms with Crippen LogP contribution >= 0.6 is 0 Å². The first kappa shape index (κ1) is 21.2. The maximum absolute atomic E-state index is 14.9. The van der Waals surface area contributed by atoms with Crippen LogP contribution in [0.5, 0.6) is 5.75 Å². The van der Waals surface area contributed by atoms with E-state index in [1.807, 2.05) is 25.1 Å². The van der Waals surface area contributed by atoms with Gasteiger partial charge in [-0.05, 0) is 48.9 Å². The SMILES string of the molecule is CCCOc1ccc(N2C(=O)[C@@H]3[C@H](ON(c4ccccc4)[C@@H]3c3ccccc3F)C2=O)cc1. The lowest BCUT2D eigenvalue weighted by atomic mass is 9.90. The number of ether oxygens (including phenoxy) is 1. The fourth-order valence-corrected chi connectivity index (χ4v) is 4.41. The van der Waals surface area contributed by atoms with Crippen molar-refractivity contribution in [2.75, 3.05) is 16.6 Å². The van der Waals surface area contributed by atoms with Crippen molar-refractivity contribution in [3.05, 3.63) is 90.2 Å². The van der Waals surface area contributed by atoms with E-state index in [0.717, 1.165) is 11.3 Å². The number of rotatable bonds is 6. The Hall–Kier alpha value is -3.71. The number of anilines is 2. The van der Waals surface area contributed by atoms with Crippen molar-refractivity contribution < 1.29 is 23.6 Å². The van der Waals surface area contributed by atoms with Crippen molar-refractivity contribution >= 4 is 23.2 Å². The number of carbonyl (C=O) groups excluding carboxylic acids is 2. The Bertz CT molecular complexity index is 1170. The summed E-state index contributed by atoms with van der Waals surface area (Å²) in [7, 11) is 0. The van der Waals surface area contributed by atoms with E-state index >= 15 is 0 Å². The molecule has 2 saturated heterocycles. The van der Waals surface area contributed by atoms with E-state index in [4.69, 9.17) is 9.57 Å². The Morgan fingerprint density at radius 2 is 1.58 bits per heavy atom. The lowest BCUT2D eigenvalue weighted by molar-refractivity contribution is -0.126. The molecule has 0 bridgehead atoms. The highest BCUT2D eigenvalue weighted by atomic mass is 19.1. The Labute approximate surface area is 191 Å². The molecule has 3 aromatic rings. The zero-order chi connectivity index (χ0) is 22.9. The van der Waals surface area contributed by atoms with Crippen molar-refractivity contribution in [3.63, 3.8) is 0 Å². The van der Waals surface area contributed by atoms with Gasteiger partial charge >= 0.3 is 0 Å². The molecule has 33 heavy (non-hydrogen) atoms. The molecule has 0 unspecified atom stereocenters. The quantitative estimate of drug-likeness (QED) is 0.515. The molecule has 6 nitrogen and oxygen atoms in total.